The van der Waals surface area contributed by atoms with Gasteiger partial charge in [-0.2, -0.15) is 0 Å². The molecule has 46 heavy (non-hydrogen) atoms. The Morgan fingerprint density at radius 3 is 2.17 bits per heavy atom. The Morgan fingerprint density at radius 1 is 0.935 bits per heavy atom. The molecule has 0 fully saturated rings. The minimum Gasteiger partial charge on any atom is -0.391 e. The molecule has 1 aromatic heterocycles. The number of rotatable bonds is 18. The largest absolute Gasteiger partial charge is 0.391 e. The standard InChI is InChI=1S/C35H55N5O5S/c1-10-14-40(19-30-37-25(9)20-46-30)35(45)27-13-11-12-26(17-27)33(43)38-28(15-21(2)3)29(41)16-24(8)32(42)39-31(23(6)7)34(44)36-18-22(4)5/h11-13,17,20-24,28-29,31,41H,10,14-16,18-19H2,1-9H3,(H,36,44)(H,38,43)(H,39,42). The minimum absolute atomic E-state index is 0.0999. The van der Waals surface area contributed by atoms with Crippen LogP contribution >= 0.6 is 11.3 Å². The van der Waals surface area contributed by atoms with Crippen molar-refractivity contribution < 1.29 is 24.3 Å². The molecular weight excluding hydrogens is 602 g/mol. The third kappa shape index (κ3) is 12.5. The molecule has 0 aliphatic rings. The summed E-state index contributed by atoms with van der Waals surface area (Å²) in [5.74, 6) is -1.43. The lowest BCUT2D eigenvalue weighted by molar-refractivity contribution is -0.132. The van der Waals surface area contributed by atoms with Crippen molar-refractivity contribution in [3.63, 3.8) is 0 Å². The van der Waals surface area contributed by atoms with Gasteiger partial charge in [-0.05, 0) is 62.1 Å². The lowest BCUT2D eigenvalue weighted by Gasteiger charge is -2.29. The molecular formula is C35H55N5O5S. The Labute approximate surface area is 279 Å². The SMILES string of the molecule is CCCN(Cc1nc(C)cs1)C(=O)c1cccc(C(=O)NC(CC(C)C)C(O)CC(C)C(=O)NC(C(=O)NCC(C)C)C(C)C)c1. The molecule has 4 atom stereocenters. The third-order valence-corrected chi connectivity index (χ3v) is 8.58. The summed E-state index contributed by atoms with van der Waals surface area (Å²) in [4.78, 5) is 59.0. The first-order chi connectivity index (χ1) is 21.6. The van der Waals surface area contributed by atoms with Crippen molar-refractivity contribution in [1.82, 2.24) is 25.8 Å². The molecule has 0 bridgehead atoms. The topological polar surface area (TPSA) is 141 Å². The number of carbonyl (C=O) groups is 4. The van der Waals surface area contributed by atoms with Crippen LogP contribution in [0.5, 0.6) is 0 Å². The summed E-state index contributed by atoms with van der Waals surface area (Å²) in [6.07, 6.45) is 0.364. The average Bonchev–Trinajstić information content (AvgIpc) is 3.41. The average molecular weight is 658 g/mol. The molecule has 2 rings (SSSR count). The Balaban J connectivity index is 2.13. The van der Waals surface area contributed by atoms with Gasteiger partial charge in [-0.15, -0.1) is 11.3 Å². The summed E-state index contributed by atoms with van der Waals surface area (Å²) in [5.41, 5.74) is 1.63. The van der Waals surface area contributed by atoms with Crippen molar-refractivity contribution >= 4 is 35.0 Å². The lowest BCUT2D eigenvalue weighted by atomic mass is 9.91. The number of aliphatic hydroxyl groups is 1. The minimum atomic E-state index is -1.01. The van der Waals surface area contributed by atoms with Gasteiger partial charge in [0.2, 0.25) is 11.8 Å². The number of aliphatic hydroxyl groups excluding tert-OH is 1. The molecule has 0 saturated carbocycles. The molecule has 4 unspecified atom stereocenters. The summed E-state index contributed by atoms with van der Waals surface area (Å²) in [6, 6.07) is 5.30. The summed E-state index contributed by atoms with van der Waals surface area (Å²) in [6.45, 7) is 18.9. The normalized spacial score (nSPS) is 14.1. The number of benzene rings is 1. The van der Waals surface area contributed by atoms with E-state index < -0.39 is 30.0 Å². The molecule has 0 saturated heterocycles. The summed E-state index contributed by atoms with van der Waals surface area (Å²) in [7, 11) is 0. The van der Waals surface area contributed by atoms with Gasteiger partial charge in [0.1, 0.15) is 11.0 Å². The number of hydrogen-bond donors (Lipinski definition) is 4. The highest BCUT2D eigenvalue weighted by molar-refractivity contribution is 7.09. The van der Waals surface area contributed by atoms with Crippen LogP contribution < -0.4 is 16.0 Å². The maximum absolute atomic E-state index is 13.5. The second kappa shape index (κ2) is 18.7. The quantitative estimate of drug-likeness (QED) is 0.179. The molecule has 1 aromatic carbocycles. The van der Waals surface area contributed by atoms with Crippen LogP contribution in [-0.2, 0) is 16.1 Å². The van der Waals surface area contributed by atoms with Gasteiger partial charge in [0.05, 0.1) is 18.7 Å². The molecule has 0 radical (unpaired) electrons. The van der Waals surface area contributed by atoms with E-state index >= 15 is 0 Å². The van der Waals surface area contributed by atoms with E-state index in [1.807, 2.05) is 60.8 Å². The zero-order valence-electron chi connectivity index (χ0n) is 29.1. The van der Waals surface area contributed by atoms with Crippen molar-refractivity contribution in [2.45, 2.75) is 106 Å². The molecule has 0 aliphatic heterocycles. The molecule has 11 heteroatoms. The maximum Gasteiger partial charge on any atom is 0.254 e. The first kappa shape index (κ1) is 38.9. The Hall–Kier alpha value is -3.31. The Bertz CT molecular complexity index is 1290. The highest BCUT2D eigenvalue weighted by atomic mass is 32.1. The molecule has 0 spiro atoms. The van der Waals surface area contributed by atoms with Gasteiger partial charge < -0.3 is 26.0 Å². The van der Waals surface area contributed by atoms with Crippen LogP contribution in [0.15, 0.2) is 29.6 Å². The molecule has 1 heterocycles. The summed E-state index contributed by atoms with van der Waals surface area (Å²) in [5, 5.41) is 22.8. The van der Waals surface area contributed by atoms with Gasteiger partial charge in [-0.1, -0.05) is 61.5 Å². The van der Waals surface area contributed by atoms with Crippen LogP contribution in [0.1, 0.15) is 106 Å². The van der Waals surface area contributed by atoms with Crippen LogP contribution in [0.2, 0.25) is 0 Å². The fourth-order valence-corrected chi connectivity index (χ4v) is 5.87. The van der Waals surface area contributed by atoms with Crippen LogP contribution in [-0.4, -0.2) is 69.9 Å². The van der Waals surface area contributed by atoms with Gasteiger partial charge in [-0.25, -0.2) is 4.98 Å². The highest BCUT2D eigenvalue weighted by Crippen LogP contribution is 2.19. The monoisotopic (exact) mass is 657 g/mol. The Kier molecular flexibility index (Phi) is 15.8. The van der Waals surface area contributed by atoms with Crippen molar-refractivity contribution in [3.05, 3.63) is 51.5 Å². The molecule has 2 aromatic rings. The van der Waals surface area contributed by atoms with E-state index in [0.717, 1.165) is 17.1 Å². The highest BCUT2D eigenvalue weighted by Gasteiger charge is 2.30. The number of carbonyl (C=O) groups excluding carboxylic acids is 4. The van der Waals surface area contributed by atoms with E-state index in [4.69, 9.17) is 0 Å². The number of aryl methyl sites for hydroxylation is 1. The first-order valence-corrected chi connectivity index (χ1v) is 17.4. The van der Waals surface area contributed by atoms with Gasteiger partial charge in [0.25, 0.3) is 11.8 Å². The van der Waals surface area contributed by atoms with Gasteiger partial charge in [0, 0.05) is 41.2 Å². The second-order valence-corrected chi connectivity index (χ2v) is 14.4. The van der Waals surface area contributed by atoms with Gasteiger partial charge in [0.15, 0.2) is 0 Å². The molecule has 4 N–H and O–H groups in total. The zero-order valence-corrected chi connectivity index (χ0v) is 29.9. The summed E-state index contributed by atoms with van der Waals surface area (Å²) >= 11 is 1.52. The predicted octanol–water partition coefficient (Wildman–Crippen LogP) is 4.95. The van der Waals surface area contributed by atoms with Gasteiger partial charge in [-0.3, -0.25) is 19.2 Å². The van der Waals surface area contributed by atoms with E-state index in [1.165, 1.54) is 11.3 Å². The molecule has 256 valence electrons. The van der Waals surface area contributed by atoms with E-state index in [9.17, 15) is 24.3 Å². The van der Waals surface area contributed by atoms with E-state index in [0.29, 0.717) is 37.2 Å². The first-order valence-electron chi connectivity index (χ1n) is 16.5. The predicted molar refractivity (Wildman–Crippen MR) is 183 cm³/mol. The van der Waals surface area contributed by atoms with E-state index in [2.05, 4.69) is 20.9 Å². The van der Waals surface area contributed by atoms with Gasteiger partial charge >= 0.3 is 0 Å². The fourth-order valence-electron chi connectivity index (χ4n) is 5.09. The van der Waals surface area contributed by atoms with Crippen molar-refractivity contribution in [2.75, 3.05) is 13.1 Å². The fraction of sp³-hybridized carbons (Fsp3) is 0.629. The van der Waals surface area contributed by atoms with Crippen LogP contribution in [0.4, 0.5) is 0 Å². The lowest BCUT2D eigenvalue weighted by Crippen LogP contribution is -2.52. The number of hydrogen-bond acceptors (Lipinski definition) is 7. The van der Waals surface area contributed by atoms with E-state index in [-0.39, 0.29) is 41.9 Å². The number of nitrogens with zero attached hydrogens (tertiary/aromatic N) is 2. The zero-order chi connectivity index (χ0) is 34.6. The number of aromatic nitrogens is 1. The molecule has 4 amide bonds. The number of thiazole rings is 1. The van der Waals surface area contributed by atoms with Crippen molar-refractivity contribution in [1.29, 1.82) is 0 Å². The maximum atomic E-state index is 13.5. The molecule has 10 nitrogen and oxygen atoms in total. The van der Waals surface area contributed by atoms with Crippen LogP contribution in [0, 0.1) is 30.6 Å². The van der Waals surface area contributed by atoms with Crippen LogP contribution in [0.25, 0.3) is 0 Å². The van der Waals surface area contributed by atoms with E-state index in [1.54, 1.807) is 36.1 Å². The smallest absolute Gasteiger partial charge is 0.254 e. The van der Waals surface area contributed by atoms with Crippen LogP contribution in [0.3, 0.4) is 0 Å². The second-order valence-electron chi connectivity index (χ2n) is 13.5. The summed E-state index contributed by atoms with van der Waals surface area (Å²) < 4.78 is 0. The van der Waals surface area contributed by atoms with Crippen molar-refractivity contribution in [3.8, 4) is 0 Å². The number of amides is 4. The number of nitrogens with one attached hydrogen (secondary N) is 3. The van der Waals surface area contributed by atoms with Crippen molar-refractivity contribution in [2.24, 2.45) is 23.7 Å². The third-order valence-electron chi connectivity index (χ3n) is 7.63. The molecule has 0 aliphatic carbocycles. The Morgan fingerprint density at radius 2 is 1.61 bits per heavy atom.